The van der Waals surface area contributed by atoms with Gasteiger partial charge in [-0.2, -0.15) is 0 Å². The van der Waals surface area contributed by atoms with Crippen LogP contribution >= 0.6 is 11.3 Å². The van der Waals surface area contributed by atoms with E-state index in [0.29, 0.717) is 13.2 Å². The zero-order valence-electron chi connectivity index (χ0n) is 11.1. The molecule has 0 bridgehead atoms. The zero-order chi connectivity index (χ0) is 13.9. The van der Waals surface area contributed by atoms with Crippen molar-refractivity contribution in [2.45, 2.75) is 13.0 Å². The number of para-hydroxylation sites is 2. The van der Waals surface area contributed by atoms with Gasteiger partial charge < -0.3 is 14.8 Å². The molecule has 3 rings (SSSR count). The van der Waals surface area contributed by atoms with Crippen LogP contribution in [0.1, 0.15) is 14.5 Å². The minimum atomic E-state index is -0.157. The van der Waals surface area contributed by atoms with Crippen molar-refractivity contribution < 1.29 is 14.3 Å². The zero-order valence-corrected chi connectivity index (χ0v) is 11.9. The fraction of sp³-hybridized carbons (Fsp3) is 0.267. The largest absolute Gasteiger partial charge is 0.486 e. The summed E-state index contributed by atoms with van der Waals surface area (Å²) in [5, 5.41) is 2.88. The molecule has 0 saturated heterocycles. The Labute approximate surface area is 121 Å². The van der Waals surface area contributed by atoms with Crippen molar-refractivity contribution in [3.8, 4) is 11.5 Å². The highest BCUT2D eigenvalue weighted by atomic mass is 32.1. The molecule has 5 heteroatoms. The molecule has 0 saturated carbocycles. The van der Waals surface area contributed by atoms with Crippen LogP contribution in [0.15, 0.2) is 36.4 Å². The van der Waals surface area contributed by atoms with Crippen molar-refractivity contribution in [3.63, 3.8) is 0 Å². The molecular formula is C15H15NO3S. The van der Waals surface area contributed by atoms with E-state index in [4.69, 9.17) is 9.47 Å². The van der Waals surface area contributed by atoms with Crippen LogP contribution in [0.2, 0.25) is 0 Å². The van der Waals surface area contributed by atoms with E-state index in [2.05, 4.69) is 5.32 Å². The Hall–Kier alpha value is -2.01. The van der Waals surface area contributed by atoms with Crippen LogP contribution in [0.4, 0.5) is 0 Å². The standard InChI is InChI=1S/C15H15NO3S/c1-10-6-7-14(20-10)15(17)16-8-11-9-18-12-4-2-3-5-13(12)19-11/h2-7,11H,8-9H2,1H3,(H,16,17). The topological polar surface area (TPSA) is 47.6 Å². The van der Waals surface area contributed by atoms with Gasteiger partial charge in [-0.3, -0.25) is 4.79 Å². The van der Waals surface area contributed by atoms with Crippen LogP contribution in [0.25, 0.3) is 0 Å². The maximum Gasteiger partial charge on any atom is 0.261 e. The van der Waals surface area contributed by atoms with Gasteiger partial charge in [0.2, 0.25) is 0 Å². The molecule has 20 heavy (non-hydrogen) atoms. The van der Waals surface area contributed by atoms with Crippen molar-refractivity contribution in [1.29, 1.82) is 0 Å². The summed E-state index contributed by atoms with van der Waals surface area (Å²) in [6, 6.07) is 11.3. The van der Waals surface area contributed by atoms with Crippen LogP contribution in [0.3, 0.4) is 0 Å². The van der Waals surface area contributed by atoms with Gasteiger partial charge in [0, 0.05) is 4.88 Å². The minimum Gasteiger partial charge on any atom is -0.486 e. The molecule has 1 unspecified atom stereocenters. The lowest BCUT2D eigenvalue weighted by Crippen LogP contribution is -2.40. The molecule has 0 radical (unpaired) electrons. The van der Waals surface area contributed by atoms with Gasteiger partial charge in [-0.25, -0.2) is 0 Å². The lowest BCUT2D eigenvalue weighted by Gasteiger charge is -2.26. The molecule has 1 atom stereocenters. The summed E-state index contributed by atoms with van der Waals surface area (Å²) < 4.78 is 11.4. The summed E-state index contributed by atoms with van der Waals surface area (Å²) >= 11 is 1.49. The second-order valence-corrected chi connectivity index (χ2v) is 5.91. The SMILES string of the molecule is Cc1ccc(C(=O)NCC2COc3ccccc3O2)s1. The third-order valence-electron chi connectivity index (χ3n) is 3.02. The van der Waals surface area contributed by atoms with Gasteiger partial charge in [0.05, 0.1) is 11.4 Å². The molecule has 1 aliphatic heterocycles. The van der Waals surface area contributed by atoms with E-state index in [9.17, 15) is 4.79 Å². The molecule has 1 N–H and O–H groups in total. The van der Waals surface area contributed by atoms with Crippen LogP contribution in [-0.4, -0.2) is 25.2 Å². The summed E-state index contributed by atoms with van der Waals surface area (Å²) in [4.78, 5) is 13.8. The molecule has 2 aromatic rings. The van der Waals surface area contributed by atoms with Gasteiger partial charge >= 0.3 is 0 Å². The molecule has 1 amide bonds. The van der Waals surface area contributed by atoms with Crippen molar-refractivity contribution in [1.82, 2.24) is 5.32 Å². The molecule has 1 aromatic carbocycles. The number of carbonyl (C=O) groups is 1. The molecule has 0 spiro atoms. The molecular weight excluding hydrogens is 274 g/mol. The third kappa shape index (κ3) is 2.77. The number of carbonyl (C=O) groups excluding carboxylic acids is 1. The number of benzene rings is 1. The molecule has 4 nitrogen and oxygen atoms in total. The maximum absolute atomic E-state index is 11.9. The average Bonchev–Trinajstić information content (AvgIpc) is 2.91. The first kappa shape index (κ1) is 13.0. The van der Waals surface area contributed by atoms with E-state index < -0.39 is 0 Å². The Balaban J connectivity index is 1.56. The highest BCUT2D eigenvalue weighted by Gasteiger charge is 2.21. The number of thiophene rings is 1. The van der Waals surface area contributed by atoms with Gasteiger partial charge in [0.15, 0.2) is 11.5 Å². The second kappa shape index (κ2) is 5.54. The summed E-state index contributed by atoms with van der Waals surface area (Å²) in [5.74, 6) is 1.42. The molecule has 0 fully saturated rings. The van der Waals surface area contributed by atoms with Crippen LogP contribution < -0.4 is 14.8 Å². The number of nitrogens with one attached hydrogen (secondary N) is 1. The number of ether oxygens (including phenoxy) is 2. The molecule has 0 aliphatic carbocycles. The Morgan fingerprint density at radius 3 is 2.85 bits per heavy atom. The van der Waals surface area contributed by atoms with Crippen molar-refractivity contribution >= 4 is 17.2 Å². The Morgan fingerprint density at radius 1 is 1.30 bits per heavy atom. The summed E-state index contributed by atoms with van der Waals surface area (Å²) in [7, 11) is 0. The molecule has 1 aliphatic rings. The van der Waals surface area contributed by atoms with Gasteiger partial charge in [-0.05, 0) is 31.2 Å². The normalized spacial score (nSPS) is 16.8. The predicted molar refractivity (Wildman–Crippen MR) is 77.7 cm³/mol. The van der Waals surface area contributed by atoms with Gasteiger partial charge in [0.1, 0.15) is 12.7 Å². The van der Waals surface area contributed by atoms with Crippen molar-refractivity contribution in [3.05, 3.63) is 46.2 Å². The first-order chi connectivity index (χ1) is 9.72. The minimum absolute atomic E-state index is 0.0643. The summed E-state index contributed by atoms with van der Waals surface area (Å²) in [5.41, 5.74) is 0. The summed E-state index contributed by atoms with van der Waals surface area (Å²) in [6.45, 7) is 2.86. The Morgan fingerprint density at radius 2 is 2.10 bits per heavy atom. The molecule has 2 heterocycles. The highest BCUT2D eigenvalue weighted by Crippen LogP contribution is 2.30. The maximum atomic E-state index is 11.9. The van der Waals surface area contributed by atoms with Gasteiger partial charge in [-0.1, -0.05) is 12.1 Å². The monoisotopic (exact) mass is 289 g/mol. The van der Waals surface area contributed by atoms with E-state index in [1.807, 2.05) is 43.3 Å². The van der Waals surface area contributed by atoms with E-state index in [1.165, 1.54) is 11.3 Å². The van der Waals surface area contributed by atoms with E-state index in [-0.39, 0.29) is 12.0 Å². The van der Waals surface area contributed by atoms with Gasteiger partial charge in [-0.15, -0.1) is 11.3 Å². The van der Waals surface area contributed by atoms with E-state index in [0.717, 1.165) is 21.3 Å². The smallest absolute Gasteiger partial charge is 0.261 e. The van der Waals surface area contributed by atoms with Crippen molar-refractivity contribution in [2.24, 2.45) is 0 Å². The first-order valence-corrected chi connectivity index (χ1v) is 7.27. The fourth-order valence-corrected chi connectivity index (χ4v) is 2.80. The van der Waals surface area contributed by atoms with Gasteiger partial charge in [0.25, 0.3) is 5.91 Å². The number of aryl methyl sites for hydroxylation is 1. The van der Waals surface area contributed by atoms with E-state index in [1.54, 1.807) is 0 Å². The Bertz CT molecular complexity index is 623. The number of hydrogen-bond acceptors (Lipinski definition) is 4. The lowest BCUT2D eigenvalue weighted by atomic mass is 10.2. The van der Waals surface area contributed by atoms with E-state index >= 15 is 0 Å². The fourth-order valence-electron chi connectivity index (χ4n) is 2.01. The second-order valence-electron chi connectivity index (χ2n) is 4.62. The number of fused-ring (bicyclic) bond motifs is 1. The third-order valence-corrected chi connectivity index (χ3v) is 4.02. The van der Waals surface area contributed by atoms with Crippen LogP contribution in [-0.2, 0) is 0 Å². The van der Waals surface area contributed by atoms with Crippen LogP contribution in [0, 0.1) is 6.92 Å². The first-order valence-electron chi connectivity index (χ1n) is 6.45. The lowest BCUT2D eigenvalue weighted by molar-refractivity contribution is 0.0791. The molecule has 1 aromatic heterocycles. The number of rotatable bonds is 3. The highest BCUT2D eigenvalue weighted by molar-refractivity contribution is 7.13. The van der Waals surface area contributed by atoms with Crippen LogP contribution in [0.5, 0.6) is 11.5 Å². The predicted octanol–water partition coefficient (Wildman–Crippen LogP) is 2.63. The quantitative estimate of drug-likeness (QED) is 0.945. The number of hydrogen-bond donors (Lipinski definition) is 1. The Kier molecular flexibility index (Phi) is 3.60. The number of amides is 1. The average molecular weight is 289 g/mol. The molecule has 104 valence electrons. The summed E-state index contributed by atoms with van der Waals surface area (Å²) in [6.07, 6.45) is -0.157. The van der Waals surface area contributed by atoms with Crippen molar-refractivity contribution in [2.75, 3.05) is 13.2 Å².